The van der Waals surface area contributed by atoms with Gasteiger partial charge in [-0.1, -0.05) is 17.7 Å². The second-order valence-corrected chi connectivity index (χ2v) is 4.93. The van der Waals surface area contributed by atoms with Gasteiger partial charge in [-0.2, -0.15) is 0 Å². The van der Waals surface area contributed by atoms with Crippen LogP contribution in [0.4, 0.5) is 5.69 Å². The van der Waals surface area contributed by atoms with E-state index in [0.29, 0.717) is 16.3 Å². The molecule has 4 heteroatoms. The number of nitrogen functional groups attached to an aromatic ring is 1. The number of likely N-dealkylation sites (tertiary alicyclic amines) is 1. The van der Waals surface area contributed by atoms with Crippen LogP contribution in [0.1, 0.15) is 36.5 Å². The fraction of sp³-hybridized carbons (Fsp3) is 0.462. The molecule has 1 aromatic carbocycles. The molecule has 2 N–H and O–H groups in total. The third-order valence-electron chi connectivity index (χ3n) is 3.32. The predicted molar refractivity (Wildman–Crippen MR) is 70.2 cm³/mol. The molecule has 1 saturated heterocycles. The van der Waals surface area contributed by atoms with E-state index in [1.54, 1.807) is 18.2 Å². The molecular formula is C13H17ClN2O. The molecule has 1 aliphatic heterocycles. The van der Waals surface area contributed by atoms with E-state index in [1.165, 1.54) is 6.42 Å². The molecule has 1 fully saturated rings. The van der Waals surface area contributed by atoms with Crippen LogP contribution in [0.2, 0.25) is 5.02 Å². The van der Waals surface area contributed by atoms with Crippen molar-refractivity contribution in [2.45, 2.75) is 32.2 Å². The smallest absolute Gasteiger partial charge is 0.255 e. The van der Waals surface area contributed by atoms with Crippen molar-refractivity contribution in [2.75, 3.05) is 12.3 Å². The molecule has 0 bridgehead atoms. The van der Waals surface area contributed by atoms with Gasteiger partial charge in [0.2, 0.25) is 0 Å². The average molecular weight is 253 g/mol. The van der Waals surface area contributed by atoms with Crippen LogP contribution in [0.25, 0.3) is 0 Å². The predicted octanol–water partition coefficient (Wildman–Crippen LogP) is 2.94. The minimum absolute atomic E-state index is 0.00509. The number of rotatable bonds is 1. The second-order valence-electron chi connectivity index (χ2n) is 4.55. The fourth-order valence-electron chi connectivity index (χ4n) is 2.27. The van der Waals surface area contributed by atoms with Crippen molar-refractivity contribution < 1.29 is 4.79 Å². The van der Waals surface area contributed by atoms with Gasteiger partial charge < -0.3 is 10.6 Å². The topological polar surface area (TPSA) is 46.3 Å². The number of nitrogens with two attached hydrogens (primary N) is 1. The largest absolute Gasteiger partial charge is 0.398 e. The van der Waals surface area contributed by atoms with Gasteiger partial charge >= 0.3 is 0 Å². The minimum Gasteiger partial charge on any atom is -0.398 e. The van der Waals surface area contributed by atoms with E-state index in [0.717, 1.165) is 19.4 Å². The summed E-state index contributed by atoms with van der Waals surface area (Å²) in [5.41, 5.74) is 6.69. The first kappa shape index (κ1) is 12.2. The summed E-state index contributed by atoms with van der Waals surface area (Å²) < 4.78 is 0. The van der Waals surface area contributed by atoms with Crippen LogP contribution in [-0.4, -0.2) is 23.4 Å². The Morgan fingerprint density at radius 3 is 2.94 bits per heavy atom. The molecule has 1 aliphatic rings. The minimum atomic E-state index is -0.00509. The lowest BCUT2D eigenvalue weighted by molar-refractivity contribution is 0.0636. The molecule has 0 radical (unpaired) electrons. The zero-order chi connectivity index (χ0) is 12.4. The molecule has 1 heterocycles. The third kappa shape index (κ3) is 2.39. The summed E-state index contributed by atoms with van der Waals surface area (Å²) in [6.45, 7) is 2.89. The lowest BCUT2D eigenvalue weighted by Crippen LogP contribution is -2.42. The quantitative estimate of drug-likeness (QED) is 0.781. The SMILES string of the molecule is CC1CCCCN1C(=O)c1cccc(N)c1Cl. The van der Waals surface area contributed by atoms with Crippen molar-refractivity contribution in [3.05, 3.63) is 28.8 Å². The van der Waals surface area contributed by atoms with Gasteiger partial charge in [-0.15, -0.1) is 0 Å². The highest BCUT2D eigenvalue weighted by atomic mass is 35.5. The monoisotopic (exact) mass is 252 g/mol. The Hall–Kier alpha value is -1.22. The van der Waals surface area contributed by atoms with E-state index >= 15 is 0 Å². The molecule has 17 heavy (non-hydrogen) atoms. The molecule has 92 valence electrons. The van der Waals surface area contributed by atoms with Crippen molar-refractivity contribution in [2.24, 2.45) is 0 Å². The lowest BCUT2D eigenvalue weighted by Gasteiger charge is -2.33. The molecule has 1 atom stereocenters. The first-order valence-electron chi connectivity index (χ1n) is 5.96. The number of benzene rings is 1. The third-order valence-corrected chi connectivity index (χ3v) is 3.74. The number of nitrogens with zero attached hydrogens (tertiary/aromatic N) is 1. The number of carbonyl (C=O) groups excluding carboxylic acids is 1. The van der Waals surface area contributed by atoms with Gasteiger partial charge in [0.05, 0.1) is 16.3 Å². The van der Waals surface area contributed by atoms with Crippen molar-refractivity contribution in [1.82, 2.24) is 4.90 Å². The Balaban J connectivity index is 2.27. The normalized spacial score (nSPS) is 20.4. The van der Waals surface area contributed by atoms with Crippen LogP contribution in [-0.2, 0) is 0 Å². The summed E-state index contributed by atoms with van der Waals surface area (Å²) >= 11 is 6.08. The molecule has 0 aromatic heterocycles. The van der Waals surface area contributed by atoms with Crippen LogP contribution in [0.15, 0.2) is 18.2 Å². The maximum atomic E-state index is 12.4. The summed E-state index contributed by atoms with van der Waals surface area (Å²) in [6, 6.07) is 5.50. The number of carbonyl (C=O) groups is 1. The molecule has 1 unspecified atom stereocenters. The van der Waals surface area contributed by atoms with Crippen LogP contribution in [0.5, 0.6) is 0 Å². The van der Waals surface area contributed by atoms with Gasteiger partial charge in [0.15, 0.2) is 0 Å². The maximum absolute atomic E-state index is 12.4. The highest BCUT2D eigenvalue weighted by Gasteiger charge is 2.25. The highest BCUT2D eigenvalue weighted by molar-refractivity contribution is 6.36. The van der Waals surface area contributed by atoms with Crippen LogP contribution >= 0.6 is 11.6 Å². The zero-order valence-corrected chi connectivity index (χ0v) is 10.7. The van der Waals surface area contributed by atoms with Gasteiger partial charge in [-0.05, 0) is 38.3 Å². The van der Waals surface area contributed by atoms with Gasteiger partial charge in [0, 0.05) is 12.6 Å². The maximum Gasteiger partial charge on any atom is 0.255 e. The lowest BCUT2D eigenvalue weighted by atomic mass is 10.0. The van der Waals surface area contributed by atoms with Crippen LogP contribution in [0.3, 0.4) is 0 Å². The Bertz CT molecular complexity index is 433. The molecular weight excluding hydrogens is 236 g/mol. The molecule has 0 spiro atoms. The van der Waals surface area contributed by atoms with Gasteiger partial charge in [0.1, 0.15) is 0 Å². The number of amides is 1. The summed E-state index contributed by atoms with van der Waals surface area (Å²) in [5, 5.41) is 0.371. The van der Waals surface area contributed by atoms with E-state index in [9.17, 15) is 4.79 Å². The van der Waals surface area contributed by atoms with Crippen molar-refractivity contribution >= 4 is 23.2 Å². The van der Waals surface area contributed by atoms with Crippen LogP contribution in [0, 0.1) is 0 Å². The first-order valence-corrected chi connectivity index (χ1v) is 6.34. The molecule has 1 amide bonds. The molecule has 0 saturated carbocycles. The fourth-order valence-corrected chi connectivity index (χ4v) is 2.48. The van der Waals surface area contributed by atoms with Gasteiger partial charge in [0.25, 0.3) is 5.91 Å². The molecule has 3 nitrogen and oxygen atoms in total. The summed E-state index contributed by atoms with van der Waals surface area (Å²) in [4.78, 5) is 14.3. The van der Waals surface area contributed by atoms with E-state index in [4.69, 9.17) is 17.3 Å². The standard InChI is InChI=1S/C13H17ClN2O/c1-9-5-2-3-8-16(9)13(17)10-6-4-7-11(15)12(10)14/h4,6-7,9H,2-3,5,8,15H2,1H3. The number of piperidine rings is 1. The Morgan fingerprint density at radius 1 is 1.47 bits per heavy atom. The van der Waals surface area contributed by atoms with E-state index < -0.39 is 0 Å². The van der Waals surface area contributed by atoms with Crippen molar-refractivity contribution in [1.29, 1.82) is 0 Å². The zero-order valence-electron chi connectivity index (χ0n) is 9.95. The van der Waals surface area contributed by atoms with E-state index in [-0.39, 0.29) is 11.9 Å². The van der Waals surface area contributed by atoms with Gasteiger partial charge in [-0.3, -0.25) is 4.79 Å². The Kier molecular flexibility index (Phi) is 3.57. The number of halogens is 1. The highest BCUT2D eigenvalue weighted by Crippen LogP contribution is 2.26. The number of hydrogen-bond acceptors (Lipinski definition) is 2. The van der Waals surface area contributed by atoms with Crippen molar-refractivity contribution in [3.8, 4) is 0 Å². The van der Waals surface area contributed by atoms with E-state index in [1.807, 2.05) is 4.90 Å². The van der Waals surface area contributed by atoms with Crippen LogP contribution < -0.4 is 5.73 Å². The average Bonchev–Trinajstić information content (AvgIpc) is 2.32. The summed E-state index contributed by atoms with van der Waals surface area (Å²) in [7, 11) is 0. The van der Waals surface area contributed by atoms with E-state index in [2.05, 4.69) is 6.92 Å². The molecule has 0 aliphatic carbocycles. The number of hydrogen-bond donors (Lipinski definition) is 1. The summed E-state index contributed by atoms with van der Waals surface area (Å²) in [6.07, 6.45) is 3.32. The first-order chi connectivity index (χ1) is 8.11. The second kappa shape index (κ2) is 4.96. The Morgan fingerprint density at radius 2 is 2.24 bits per heavy atom. The Labute approximate surface area is 107 Å². The molecule has 1 aromatic rings. The van der Waals surface area contributed by atoms with Gasteiger partial charge in [-0.25, -0.2) is 0 Å². The van der Waals surface area contributed by atoms with Crippen molar-refractivity contribution in [3.63, 3.8) is 0 Å². The molecule has 2 rings (SSSR count). The number of anilines is 1. The summed E-state index contributed by atoms with van der Waals surface area (Å²) in [5.74, 6) is -0.00509.